The van der Waals surface area contributed by atoms with Gasteiger partial charge in [0.05, 0.1) is 0 Å². The van der Waals surface area contributed by atoms with Crippen LogP contribution in [0.4, 0.5) is 4.79 Å². The van der Waals surface area contributed by atoms with E-state index in [1.54, 1.807) is 6.07 Å². The summed E-state index contributed by atoms with van der Waals surface area (Å²) in [4.78, 5) is 38.3. The predicted octanol–water partition coefficient (Wildman–Crippen LogP) is 2.50. The summed E-state index contributed by atoms with van der Waals surface area (Å²) in [5.74, 6) is -0.515. The van der Waals surface area contributed by atoms with Crippen molar-refractivity contribution in [2.45, 2.75) is 44.6 Å². The number of hydrogen-bond donors (Lipinski definition) is 2. The number of halogens is 1. The molecule has 1 aromatic carbocycles. The summed E-state index contributed by atoms with van der Waals surface area (Å²) in [6, 6.07) is 6.97. The summed E-state index contributed by atoms with van der Waals surface area (Å²) in [6.07, 6.45) is 4.16. The first kappa shape index (κ1) is 18.7. The molecule has 0 aromatic heterocycles. The van der Waals surface area contributed by atoms with Crippen LogP contribution in [0.25, 0.3) is 0 Å². The van der Waals surface area contributed by atoms with E-state index in [2.05, 4.69) is 10.6 Å². The number of amides is 4. The van der Waals surface area contributed by atoms with Gasteiger partial charge in [-0.05, 0) is 42.9 Å². The minimum Gasteiger partial charge on any atom is -0.354 e. The van der Waals surface area contributed by atoms with Gasteiger partial charge in [0.1, 0.15) is 12.1 Å². The third kappa shape index (κ3) is 3.70. The molecule has 0 unspecified atom stereocenters. The number of urea groups is 1. The lowest BCUT2D eigenvalue weighted by molar-refractivity contribution is -0.137. The predicted molar refractivity (Wildman–Crippen MR) is 98.8 cm³/mol. The van der Waals surface area contributed by atoms with Gasteiger partial charge >= 0.3 is 6.03 Å². The first-order valence-electron chi connectivity index (χ1n) is 9.07. The summed E-state index contributed by atoms with van der Waals surface area (Å²) in [7, 11) is 0. The second kappa shape index (κ2) is 7.66. The van der Waals surface area contributed by atoms with Crippen LogP contribution in [0.2, 0.25) is 5.02 Å². The second-order valence-corrected chi connectivity index (χ2v) is 7.61. The summed E-state index contributed by atoms with van der Waals surface area (Å²) in [5.41, 5.74) is 0.193. The molecular formula is C19H24ClN3O3. The smallest absolute Gasteiger partial charge is 0.325 e. The fourth-order valence-electron chi connectivity index (χ4n) is 3.88. The normalized spacial score (nSPS) is 25.5. The average Bonchev–Trinajstić information content (AvgIpc) is 2.83. The van der Waals surface area contributed by atoms with Crippen molar-refractivity contribution in [1.29, 1.82) is 0 Å². The molecule has 140 valence electrons. The molecule has 1 spiro atoms. The van der Waals surface area contributed by atoms with E-state index in [-0.39, 0.29) is 24.3 Å². The minimum absolute atomic E-state index is 0.0867. The largest absolute Gasteiger partial charge is 0.354 e. The van der Waals surface area contributed by atoms with Gasteiger partial charge in [0.25, 0.3) is 5.91 Å². The fourth-order valence-corrected chi connectivity index (χ4v) is 4.09. The van der Waals surface area contributed by atoms with E-state index in [9.17, 15) is 14.4 Å². The lowest BCUT2D eigenvalue weighted by Crippen LogP contribution is -2.54. The van der Waals surface area contributed by atoms with E-state index >= 15 is 0 Å². The van der Waals surface area contributed by atoms with Gasteiger partial charge in [0.15, 0.2) is 0 Å². The van der Waals surface area contributed by atoms with Crippen molar-refractivity contribution >= 4 is 29.4 Å². The Hall–Kier alpha value is -2.08. The second-order valence-electron chi connectivity index (χ2n) is 7.17. The number of nitrogens with zero attached hydrogens (tertiary/aromatic N) is 1. The van der Waals surface area contributed by atoms with Gasteiger partial charge in [-0.25, -0.2) is 4.79 Å². The van der Waals surface area contributed by atoms with Gasteiger partial charge in [-0.15, -0.1) is 0 Å². The third-order valence-electron chi connectivity index (χ3n) is 5.43. The van der Waals surface area contributed by atoms with E-state index < -0.39 is 11.6 Å². The maximum Gasteiger partial charge on any atom is 0.325 e. The highest BCUT2D eigenvalue weighted by atomic mass is 35.5. The van der Waals surface area contributed by atoms with Crippen LogP contribution in [-0.4, -0.2) is 41.4 Å². The Morgan fingerprint density at radius 1 is 1.38 bits per heavy atom. The molecule has 4 amide bonds. The first-order chi connectivity index (χ1) is 12.4. The van der Waals surface area contributed by atoms with Crippen LogP contribution in [-0.2, 0) is 16.0 Å². The number of rotatable bonds is 5. The Morgan fingerprint density at radius 2 is 2.19 bits per heavy atom. The van der Waals surface area contributed by atoms with Crippen LogP contribution in [0.3, 0.4) is 0 Å². The van der Waals surface area contributed by atoms with Gasteiger partial charge in [-0.3, -0.25) is 14.5 Å². The molecule has 1 aliphatic carbocycles. The number of benzene rings is 1. The zero-order valence-corrected chi connectivity index (χ0v) is 15.6. The Bertz CT molecular complexity index is 724. The molecule has 2 atom stereocenters. The fraction of sp³-hybridized carbons (Fsp3) is 0.526. The standard InChI is InChI=1S/C19H24ClN3O3/c1-13-5-2-3-9-19(13)17(25)23(18(26)22-19)12-16(24)21-10-8-14-6-4-7-15(20)11-14/h4,6-7,11,13H,2-3,5,8-10,12H2,1H3,(H,21,24)(H,22,26)/t13-,19-/m0/s1. The molecule has 1 saturated carbocycles. The molecule has 6 nitrogen and oxygen atoms in total. The maximum absolute atomic E-state index is 12.8. The third-order valence-corrected chi connectivity index (χ3v) is 5.66. The van der Waals surface area contributed by atoms with Gasteiger partial charge in [0.2, 0.25) is 5.91 Å². The highest BCUT2D eigenvalue weighted by Crippen LogP contribution is 2.38. The summed E-state index contributed by atoms with van der Waals surface area (Å²) in [6.45, 7) is 2.17. The van der Waals surface area contributed by atoms with Crippen LogP contribution in [0.1, 0.15) is 38.2 Å². The Kier molecular flexibility index (Phi) is 5.51. The van der Waals surface area contributed by atoms with Crippen LogP contribution in [0, 0.1) is 5.92 Å². The number of carbonyl (C=O) groups is 3. The maximum atomic E-state index is 12.8. The minimum atomic E-state index is -0.823. The summed E-state index contributed by atoms with van der Waals surface area (Å²) < 4.78 is 0. The molecule has 2 aliphatic rings. The lowest BCUT2D eigenvalue weighted by Gasteiger charge is -2.36. The van der Waals surface area contributed by atoms with E-state index in [0.717, 1.165) is 29.7 Å². The Labute approximate surface area is 158 Å². The Morgan fingerprint density at radius 3 is 2.92 bits per heavy atom. The van der Waals surface area contributed by atoms with Crippen LogP contribution < -0.4 is 10.6 Å². The molecule has 3 rings (SSSR count). The molecular weight excluding hydrogens is 354 g/mol. The van der Waals surface area contributed by atoms with E-state index in [0.29, 0.717) is 24.4 Å². The number of carbonyl (C=O) groups excluding carboxylic acids is 3. The van der Waals surface area contributed by atoms with E-state index in [1.807, 2.05) is 25.1 Å². The van der Waals surface area contributed by atoms with Crippen molar-refractivity contribution < 1.29 is 14.4 Å². The summed E-state index contributed by atoms with van der Waals surface area (Å²) >= 11 is 5.94. The van der Waals surface area contributed by atoms with E-state index in [4.69, 9.17) is 11.6 Å². The van der Waals surface area contributed by atoms with Crippen molar-refractivity contribution in [3.8, 4) is 0 Å². The number of nitrogens with one attached hydrogen (secondary N) is 2. The van der Waals surface area contributed by atoms with Gasteiger partial charge < -0.3 is 10.6 Å². The summed E-state index contributed by atoms with van der Waals surface area (Å²) in [5, 5.41) is 6.27. The van der Waals surface area contributed by atoms with Gasteiger partial charge in [-0.2, -0.15) is 0 Å². The number of hydrogen-bond acceptors (Lipinski definition) is 3. The molecule has 1 heterocycles. The zero-order chi connectivity index (χ0) is 18.7. The monoisotopic (exact) mass is 377 g/mol. The van der Waals surface area contributed by atoms with Crippen molar-refractivity contribution in [2.24, 2.45) is 5.92 Å². The topological polar surface area (TPSA) is 78.5 Å². The molecule has 1 aromatic rings. The van der Waals surface area contributed by atoms with E-state index in [1.165, 1.54) is 0 Å². The molecule has 7 heteroatoms. The first-order valence-corrected chi connectivity index (χ1v) is 9.45. The molecule has 0 bridgehead atoms. The molecule has 2 N–H and O–H groups in total. The zero-order valence-electron chi connectivity index (χ0n) is 14.9. The number of imide groups is 1. The molecule has 0 radical (unpaired) electrons. The van der Waals surface area contributed by atoms with Crippen molar-refractivity contribution in [3.63, 3.8) is 0 Å². The van der Waals surface area contributed by atoms with Crippen LogP contribution >= 0.6 is 11.6 Å². The molecule has 1 saturated heterocycles. The highest BCUT2D eigenvalue weighted by molar-refractivity contribution is 6.30. The lowest BCUT2D eigenvalue weighted by atomic mass is 9.73. The average molecular weight is 378 g/mol. The molecule has 2 fully saturated rings. The van der Waals surface area contributed by atoms with Crippen molar-refractivity contribution in [3.05, 3.63) is 34.9 Å². The van der Waals surface area contributed by atoms with Crippen LogP contribution in [0.15, 0.2) is 24.3 Å². The van der Waals surface area contributed by atoms with Crippen molar-refractivity contribution in [2.75, 3.05) is 13.1 Å². The van der Waals surface area contributed by atoms with Crippen LogP contribution in [0.5, 0.6) is 0 Å². The quantitative estimate of drug-likeness (QED) is 0.774. The highest BCUT2D eigenvalue weighted by Gasteiger charge is 2.55. The van der Waals surface area contributed by atoms with Gasteiger partial charge in [-0.1, -0.05) is 43.5 Å². The SMILES string of the molecule is C[C@H]1CCCC[C@]12NC(=O)N(CC(=O)NCCc1cccc(Cl)c1)C2=O. The van der Waals surface area contributed by atoms with Crippen molar-refractivity contribution in [1.82, 2.24) is 15.5 Å². The van der Waals surface area contributed by atoms with Gasteiger partial charge in [0, 0.05) is 11.6 Å². The molecule has 1 aliphatic heterocycles. The Balaban J connectivity index is 1.54. The molecule has 26 heavy (non-hydrogen) atoms.